The van der Waals surface area contributed by atoms with Crippen molar-refractivity contribution in [3.63, 3.8) is 0 Å². The molecule has 0 atom stereocenters. The van der Waals surface area contributed by atoms with Crippen LogP contribution in [-0.2, 0) is 9.59 Å². The summed E-state index contributed by atoms with van der Waals surface area (Å²) in [5, 5.41) is 14.8. The molecule has 0 radical (unpaired) electrons. The van der Waals surface area contributed by atoms with Crippen LogP contribution in [-0.4, -0.2) is 90.2 Å². The topological polar surface area (TPSA) is 101 Å². The fourth-order valence-corrected chi connectivity index (χ4v) is 1.69. The average molecular weight is 313 g/mol. The number of aliphatic carboxylic acids is 2. The number of carbonyl (C=O) groups is 3. The van der Waals surface area contributed by atoms with Crippen molar-refractivity contribution < 1.29 is 24.6 Å². The lowest BCUT2D eigenvalue weighted by Gasteiger charge is -2.19. The number of carboxylic acid groups (broad SMARTS) is 2. The second-order valence-electron chi connectivity index (χ2n) is 4.98. The molecule has 22 heavy (non-hydrogen) atoms. The highest BCUT2D eigenvalue weighted by atomic mass is 16.4. The third-order valence-corrected chi connectivity index (χ3v) is 2.83. The van der Waals surface area contributed by atoms with Crippen LogP contribution in [0.1, 0.15) is 12.8 Å². The first-order valence-corrected chi connectivity index (χ1v) is 6.82. The number of nitrogens with zero attached hydrogens (tertiary/aromatic N) is 3. The normalized spacial score (nSPS) is 13.2. The summed E-state index contributed by atoms with van der Waals surface area (Å²) in [7, 11) is 5.26. The summed E-state index contributed by atoms with van der Waals surface area (Å²) in [6, 6.07) is -0.00419. The maximum atomic E-state index is 11.5. The van der Waals surface area contributed by atoms with Crippen LogP contribution in [0, 0.1) is 11.8 Å². The predicted octanol–water partition coefficient (Wildman–Crippen LogP) is -0.145. The van der Waals surface area contributed by atoms with E-state index in [-0.39, 0.29) is 6.03 Å². The smallest absolute Gasteiger partial charge is 0.414 e. The summed E-state index contributed by atoms with van der Waals surface area (Å²) < 4.78 is 0. The average Bonchev–Trinajstić information content (AvgIpc) is 2.96. The molecule has 0 bridgehead atoms. The van der Waals surface area contributed by atoms with Crippen molar-refractivity contribution in [2.45, 2.75) is 12.8 Å². The molecule has 1 saturated heterocycles. The lowest BCUT2D eigenvalue weighted by Crippen LogP contribution is -2.36. The fraction of sp³-hybridized carbons (Fsp3) is 0.643. The van der Waals surface area contributed by atoms with E-state index in [9.17, 15) is 4.79 Å². The summed E-state index contributed by atoms with van der Waals surface area (Å²) in [6.07, 6.45) is 2.58. The summed E-state index contributed by atoms with van der Waals surface area (Å²) >= 11 is 0. The Morgan fingerprint density at radius 1 is 1.00 bits per heavy atom. The van der Waals surface area contributed by atoms with Crippen LogP contribution in [0.15, 0.2) is 0 Å². The molecular weight excluding hydrogens is 290 g/mol. The van der Waals surface area contributed by atoms with Gasteiger partial charge in [-0.15, -0.1) is 0 Å². The third kappa shape index (κ3) is 8.81. The van der Waals surface area contributed by atoms with E-state index in [0.29, 0.717) is 6.54 Å². The van der Waals surface area contributed by atoms with Gasteiger partial charge in [0.25, 0.3) is 0 Å². The van der Waals surface area contributed by atoms with Crippen LogP contribution < -0.4 is 0 Å². The molecule has 2 N–H and O–H groups in total. The zero-order chi connectivity index (χ0) is 17.1. The SMILES string of the molecule is CN(C)C(=O)N(C)CC#CCN1CCCC1.O=C(O)C(=O)O. The van der Waals surface area contributed by atoms with Crippen LogP contribution in [0.2, 0.25) is 0 Å². The van der Waals surface area contributed by atoms with Crippen LogP contribution in [0.4, 0.5) is 4.79 Å². The number of carboxylic acids is 2. The van der Waals surface area contributed by atoms with Gasteiger partial charge in [0.15, 0.2) is 0 Å². The maximum absolute atomic E-state index is 11.5. The van der Waals surface area contributed by atoms with E-state index in [1.54, 1.807) is 30.9 Å². The summed E-state index contributed by atoms with van der Waals surface area (Å²) in [5.41, 5.74) is 0. The summed E-state index contributed by atoms with van der Waals surface area (Å²) in [6.45, 7) is 3.68. The second-order valence-corrected chi connectivity index (χ2v) is 4.98. The first kappa shape index (κ1) is 19.7. The quantitative estimate of drug-likeness (QED) is 0.543. The minimum atomic E-state index is -1.82. The Morgan fingerprint density at radius 3 is 1.91 bits per heavy atom. The molecule has 8 heteroatoms. The van der Waals surface area contributed by atoms with Gasteiger partial charge < -0.3 is 20.0 Å². The van der Waals surface area contributed by atoms with Crippen LogP contribution in [0.3, 0.4) is 0 Å². The van der Waals surface area contributed by atoms with Crippen molar-refractivity contribution in [3.05, 3.63) is 0 Å². The van der Waals surface area contributed by atoms with Crippen molar-refractivity contribution in [3.8, 4) is 11.8 Å². The van der Waals surface area contributed by atoms with E-state index in [0.717, 1.165) is 6.54 Å². The number of likely N-dealkylation sites (tertiary alicyclic amines) is 1. The third-order valence-electron chi connectivity index (χ3n) is 2.83. The highest BCUT2D eigenvalue weighted by Gasteiger charge is 2.10. The van der Waals surface area contributed by atoms with Crippen LogP contribution in [0.25, 0.3) is 0 Å². The first-order chi connectivity index (χ1) is 10.3. The van der Waals surface area contributed by atoms with Crippen molar-refractivity contribution >= 4 is 18.0 Å². The van der Waals surface area contributed by atoms with Gasteiger partial charge in [-0.25, -0.2) is 14.4 Å². The second kappa shape index (κ2) is 10.5. The van der Waals surface area contributed by atoms with E-state index in [2.05, 4.69) is 16.7 Å². The van der Waals surface area contributed by atoms with E-state index in [1.807, 2.05) is 0 Å². The largest absolute Gasteiger partial charge is 0.473 e. The molecule has 0 saturated carbocycles. The molecule has 1 rings (SSSR count). The first-order valence-electron chi connectivity index (χ1n) is 6.82. The van der Waals surface area contributed by atoms with E-state index >= 15 is 0 Å². The molecule has 1 fully saturated rings. The van der Waals surface area contributed by atoms with Crippen molar-refractivity contribution in [1.29, 1.82) is 0 Å². The van der Waals surface area contributed by atoms with E-state index in [4.69, 9.17) is 19.8 Å². The molecule has 0 aliphatic carbocycles. The Morgan fingerprint density at radius 2 is 1.50 bits per heavy atom. The molecule has 124 valence electrons. The Balaban J connectivity index is 0.000000626. The number of hydrogen-bond donors (Lipinski definition) is 2. The lowest BCUT2D eigenvalue weighted by atomic mass is 10.4. The van der Waals surface area contributed by atoms with Crippen molar-refractivity contribution in [2.24, 2.45) is 0 Å². The monoisotopic (exact) mass is 313 g/mol. The Hall–Kier alpha value is -2.27. The van der Waals surface area contributed by atoms with Gasteiger partial charge in [0.1, 0.15) is 0 Å². The van der Waals surface area contributed by atoms with Gasteiger partial charge >= 0.3 is 18.0 Å². The molecule has 0 aromatic heterocycles. The Bertz CT molecular complexity index is 435. The van der Waals surface area contributed by atoms with Gasteiger partial charge in [-0.1, -0.05) is 11.8 Å². The standard InChI is InChI=1S/C12H21N3O.C2H2O4/c1-13(2)12(16)14(3)8-4-5-9-15-10-6-7-11-15;3-1(4)2(5)6/h6-11H2,1-3H3;(H,3,4)(H,5,6). The summed E-state index contributed by atoms with van der Waals surface area (Å²) in [4.78, 5) is 35.2. The summed E-state index contributed by atoms with van der Waals surface area (Å²) in [5.74, 6) is 2.50. The Kier molecular flexibility index (Phi) is 9.38. The minimum Gasteiger partial charge on any atom is -0.473 e. The van der Waals surface area contributed by atoms with Gasteiger partial charge in [0.05, 0.1) is 13.1 Å². The number of carbonyl (C=O) groups excluding carboxylic acids is 1. The Labute approximate surface area is 130 Å². The van der Waals surface area contributed by atoms with Crippen LogP contribution in [0.5, 0.6) is 0 Å². The number of urea groups is 1. The molecule has 0 unspecified atom stereocenters. The number of hydrogen-bond acceptors (Lipinski definition) is 4. The molecule has 1 aliphatic rings. The zero-order valence-electron chi connectivity index (χ0n) is 13.2. The van der Waals surface area contributed by atoms with Gasteiger partial charge in [-0.3, -0.25) is 4.90 Å². The maximum Gasteiger partial charge on any atom is 0.414 e. The molecule has 8 nitrogen and oxygen atoms in total. The molecule has 0 aromatic rings. The molecule has 0 spiro atoms. The predicted molar refractivity (Wildman–Crippen MR) is 80.4 cm³/mol. The highest BCUT2D eigenvalue weighted by Crippen LogP contribution is 2.05. The van der Waals surface area contributed by atoms with Crippen molar-refractivity contribution in [1.82, 2.24) is 14.7 Å². The molecule has 0 aromatic carbocycles. The fourth-order valence-electron chi connectivity index (χ4n) is 1.69. The van der Waals surface area contributed by atoms with E-state index < -0.39 is 11.9 Å². The van der Waals surface area contributed by atoms with Gasteiger partial charge in [-0.05, 0) is 25.9 Å². The van der Waals surface area contributed by atoms with Gasteiger partial charge in [0, 0.05) is 21.1 Å². The van der Waals surface area contributed by atoms with Gasteiger partial charge in [-0.2, -0.15) is 0 Å². The zero-order valence-corrected chi connectivity index (χ0v) is 13.2. The molecule has 1 heterocycles. The number of amides is 2. The van der Waals surface area contributed by atoms with E-state index in [1.165, 1.54) is 25.9 Å². The van der Waals surface area contributed by atoms with Gasteiger partial charge in [0.2, 0.25) is 0 Å². The van der Waals surface area contributed by atoms with Crippen LogP contribution >= 0.6 is 0 Å². The molecule has 2 amide bonds. The number of rotatable bonds is 2. The molecule has 1 aliphatic heterocycles. The molecular formula is C14H23N3O5. The van der Waals surface area contributed by atoms with Crippen molar-refractivity contribution in [2.75, 3.05) is 47.3 Å². The minimum absolute atomic E-state index is 0.00419. The lowest BCUT2D eigenvalue weighted by molar-refractivity contribution is -0.159. The highest BCUT2D eigenvalue weighted by molar-refractivity contribution is 6.27.